The van der Waals surface area contributed by atoms with Crippen molar-refractivity contribution < 1.29 is 19.1 Å². The van der Waals surface area contributed by atoms with Gasteiger partial charge in [0, 0.05) is 29.2 Å². The summed E-state index contributed by atoms with van der Waals surface area (Å²) in [6, 6.07) is 8.18. The molecule has 1 aromatic heterocycles. The highest BCUT2D eigenvalue weighted by Gasteiger charge is 2.44. The highest BCUT2D eigenvalue weighted by atomic mass is 16.5. The van der Waals surface area contributed by atoms with E-state index < -0.39 is 23.4 Å². The number of nitrogens with zero attached hydrogens (tertiary/aromatic N) is 1. The van der Waals surface area contributed by atoms with Crippen LogP contribution in [-0.4, -0.2) is 29.6 Å². The number of methoxy groups -OCH3 is 1. The fourth-order valence-corrected chi connectivity index (χ4v) is 2.66. The molecule has 23 heavy (non-hydrogen) atoms. The number of ether oxygens (including phenoxy) is 1. The van der Waals surface area contributed by atoms with Gasteiger partial charge in [-0.15, -0.1) is 0 Å². The standard InChI is InChI=1S/C17H14N2O4/c1-9-13-12(6-7-18-9)15(20)14(16(13)21)17(22)19-10-4-3-5-11(8-10)23-2/h3-8,14H,1-2H3,(H,19,22). The molecule has 1 unspecified atom stereocenters. The van der Waals surface area contributed by atoms with Crippen molar-refractivity contribution in [2.75, 3.05) is 12.4 Å². The number of carbonyl (C=O) groups is 3. The van der Waals surface area contributed by atoms with Crippen LogP contribution < -0.4 is 10.1 Å². The van der Waals surface area contributed by atoms with E-state index in [2.05, 4.69) is 10.3 Å². The van der Waals surface area contributed by atoms with E-state index in [4.69, 9.17) is 4.74 Å². The van der Waals surface area contributed by atoms with Gasteiger partial charge in [-0.25, -0.2) is 0 Å². The van der Waals surface area contributed by atoms with E-state index in [0.29, 0.717) is 17.1 Å². The van der Waals surface area contributed by atoms with Crippen LogP contribution in [0.25, 0.3) is 0 Å². The number of aryl methyl sites for hydroxylation is 1. The van der Waals surface area contributed by atoms with Gasteiger partial charge in [-0.2, -0.15) is 0 Å². The monoisotopic (exact) mass is 310 g/mol. The summed E-state index contributed by atoms with van der Waals surface area (Å²) >= 11 is 0. The van der Waals surface area contributed by atoms with Crippen LogP contribution >= 0.6 is 0 Å². The first-order chi connectivity index (χ1) is 11.0. The number of pyridine rings is 1. The molecule has 0 radical (unpaired) electrons. The summed E-state index contributed by atoms with van der Waals surface area (Å²) in [5.74, 6) is -2.44. The summed E-state index contributed by atoms with van der Waals surface area (Å²) in [5, 5.41) is 2.59. The van der Waals surface area contributed by atoms with Crippen LogP contribution in [0.3, 0.4) is 0 Å². The predicted octanol–water partition coefficient (Wildman–Crippen LogP) is 2.03. The Balaban J connectivity index is 1.88. The van der Waals surface area contributed by atoms with Gasteiger partial charge < -0.3 is 10.1 Å². The SMILES string of the molecule is COc1cccc(NC(=O)C2C(=O)c3ccnc(C)c3C2=O)c1. The van der Waals surface area contributed by atoms with Crippen molar-refractivity contribution in [2.24, 2.45) is 5.92 Å². The van der Waals surface area contributed by atoms with Gasteiger partial charge in [-0.1, -0.05) is 6.07 Å². The topological polar surface area (TPSA) is 85.4 Å². The van der Waals surface area contributed by atoms with E-state index in [0.717, 1.165) is 0 Å². The molecule has 116 valence electrons. The van der Waals surface area contributed by atoms with Crippen LogP contribution in [0.5, 0.6) is 5.75 Å². The highest BCUT2D eigenvalue weighted by molar-refractivity contribution is 6.36. The van der Waals surface area contributed by atoms with E-state index >= 15 is 0 Å². The highest BCUT2D eigenvalue weighted by Crippen LogP contribution is 2.29. The Hall–Kier alpha value is -3.02. The zero-order chi connectivity index (χ0) is 16.6. The summed E-state index contributed by atoms with van der Waals surface area (Å²) in [7, 11) is 1.51. The quantitative estimate of drug-likeness (QED) is 0.877. The fourth-order valence-electron chi connectivity index (χ4n) is 2.66. The van der Waals surface area contributed by atoms with E-state index in [1.807, 2.05) is 0 Å². The number of hydrogen-bond acceptors (Lipinski definition) is 5. The fraction of sp³-hybridized carbons (Fsp3) is 0.176. The minimum Gasteiger partial charge on any atom is -0.497 e. The molecule has 0 saturated carbocycles. The summed E-state index contributed by atoms with van der Waals surface area (Å²) in [5.41, 5.74) is 1.41. The number of carbonyl (C=O) groups excluding carboxylic acids is 3. The number of anilines is 1. The van der Waals surface area contributed by atoms with Gasteiger partial charge >= 0.3 is 0 Å². The van der Waals surface area contributed by atoms with Crippen LogP contribution in [0.4, 0.5) is 5.69 Å². The third-order valence-electron chi connectivity index (χ3n) is 3.78. The Bertz CT molecular complexity index is 829. The largest absolute Gasteiger partial charge is 0.497 e. The number of amides is 1. The average molecular weight is 310 g/mol. The lowest BCUT2D eigenvalue weighted by atomic mass is 10.0. The molecule has 2 aromatic rings. The number of benzene rings is 1. The predicted molar refractivity (Wildman–Crippen MR) is 82.7 cm³/mol. The molecule has 0 bridgehead atoms. The van der Waals surface area contributed by atoms with Crippen LogP contribution in [-0.2, 0) is 4.79 Å². The number of aromatic nitrogens is 1. The maximum absolute atomic E-state index is 12.4. The van der Waals surface area contributed by atoms with Gasteiger partial charge in [0.05, 0.1) is 12.7 Å². The first kappa shape index (κ1) is 14.9. The number of ketones is 2. The molecule has 1 aliphatic carbocycles. The van der Waals surface area contributed by atoms with Gasteiger partial charge in [-0.3, -0.25) is 19.4 Å². The minimum absolute atomic E-state index is 0.239. The smallest absolute Gasteiger partial charge is 0.243 e. The van der Waals surface area contributed by atoms with Gasteiger partial charge in [0.15, 0.2) is 17.5 Å². The molecule has 1 atom stereocenters. The minimum atomic E-state index is -1.36. The molecular formula is C17H14N2O4. The molecule has 0 spiro atoms. The Labute approximate surface area is 132 Å². The summed E-state index contributed by atoms with van der Waals surface area (Å²) in [6.07, 6.45) is 1.46. The van der Waals surface area contributed by atoms with Crippen molar-refractivity contribution in [3.8, 4) is 5.75 Å². The summed E-state index contributed by atoms with van der Waals surface area (Å²) < 4.78 is 5.08. The summed E-state index contributed by atoms with van der Waals surface area (Å²) in [6.45, 7) is 1.65. The molecule has 6 nitrogen and oxygen atoms in total. The Morgan fingerprint density at radius 3 is 2.70 bits per heavy atom. The first-order valence-electron chi connectivity index (χ1n) is 7.02. The zero-order valence-electron chi connectivity index (χ0n) is 12.6. The second kappa shape index (κ2) is 5.64. The van der Waals surface area contributed by atoms with Gasteiger partial charge in [0.2, 0.25) is 5.91 Å². The average Bonchev–Trinajstić information content (AvgIpc) is 2.80. The molecule has 6 heteroatoms. The van der Waals surface area contributed by atoms with Crippen molar-refractivity contribution in [3.63, 3.8) is 0 Å². The lowest BCUT2D eigenvalue weighted by Crippen LogP contribution is -2.31. The molecular weight excluding hydrogens is 296 g/mol. The molecule has 1 amide bonds. The molecule has 0 fully saturated rings. The lowest BCUT2D eigenvalue weighted by molar-refractivity contribution is -0.117. The van der Waals surface area contributed by atoms with Crippen molar-refractivity contribution in [3.05, 3.63) is 53.3 Å². The third kappa shape index (κ3) is 2.48. The number of hydrogen-bond donors (Lipinski definition) is 1. The Kier molecular flexibility index (Phi) is 3.65. The van der Waals surface area contributed by atoms with Gasteiger partial charge in [0.25, 0.3) is 0 Å². The van der Waals surface area contributed by atoms with Gasteiger partial charge in [-0.05, 0) is 25.1 Å². The van der Waals surface area contributed by atoms with Crippen LogP contribution in [0.15, 0.2) is 36.5 Å². The number of fused-ring (bicyclic) bond motifs is 1. The molecule has 1 heterocycles. The van der Waals surface area contributed by atoms with E-state index in [9.17, 15) is 14.4 Å². The van der Waals surface area contributed by atoms with E-state index in [1.165, 1.54) is 19.4 Å². The second-order valence-electron chi connectivity index (χ2n) is 5.20. The van der Waals surface area contributed by atoms with Crippen molar-refractivity contribution >= 4 is 23.2 Å². The molecule has 1 aliphatic rings. The lowest BCUT2D eigenvalue weighted by Gasteiger charge is -2.10. The van der Waals surface area contributed by atoms with Crippen LogP contribution in [0, 0.1) is 12.8 Å². The van der Waals surface area contributed by atoms with Crippen molar-refractivity contribution in [2.45, 2.75) is 6.92 Å². The first-order valence-corrected chi connectivity index (χ1v) is 7.02. The second-order valence-corrected chi connectivity index (χ2v) is 5.20. The molecule has 1 N–H and O–H groups in total. The maximum Gasteiger partial charge on any atom is 0.243 e. The molecule has 3 rings (SSSR count). The number of nitrogens with one attached hydrogen (secondary N) is 1. The van der Waals surface area contributed by atoms with Gasteiger partial charge in [0.1, 0.15) is 5.75 Å². The summed E-state index contributed by atoms with van der Waals surface area (Å²) in [4.78, 5) is 41.2. The zero-order valence-corrected chi connectivity index (χ0v) is 12.6. The van der Waals surface area contributed by atoms with E-state index in [1.54, 1.807) is 31.2 Å². The van der Waals surface area contributed by atoms with Crippen LogP contribution in [0.1, 0.15) is 26.4 Å². The number of Topliss-reactive ketones (excluding diaryl/α,β-unsaturated/α-hetero) is 2. The molecule has 1 aromatic carbocycles. The van der Waals surface area contributed by atoms with Crippen molar-refractivity contribution in [1.82, 2.24) is 4.98 Å². The van der Waals surface area contributed by atoms with E-state index in [-0.39, 0.29) is 11.1 Å². The number of rotatable bonds is 3. The Morgan fingerprint density at radius 1 is 1.22 bits per heavy atom. The molecule has 0 saturated heterocycles. The maximum atomic E-state index is 12.4. The Morgan fingerprint density at radius 2 is 2.00 bits per heavy atom. The van der Waals surface area contributed by atoms with Crippen LogP contribution in [0.2, 0.25) is 0 Å². The van der Waals surface area contributed by atoms with Crippen molar-refractivity contribution in [1.29, 1.82) is 0 Å². The molecule has 0 aliphatic heterocycles. The normalized spacial score (nSPS) is 16.2. The third-order valence-corrected chi connectivity index (χ3v) is 3.78.